The van der Waals surface area contributed by atoms with Crippen molar-refractivity contribution in [1.29, 1.82) is 0 Å². The predicted octanol–water partition coefficient (Wildman–Crippen LogP) is 2.68. The molecule has 4 heteroatoms. The van der Waals surface area contributed by atoms with Crippen molar-refractivity contribution in [3.63, 3.8) is 0 Å². The number of amides is 1. The third-order valence-electron chi connectivity index (χ3n) is 2.24. The molecule has 2 N–H and O–H groups in total. The first-order valence-corrected chi connectivity index (χ1v) is 6.55. The van der Waals surface area contributed by atoms with Crippen molar-refractivity contribution in [2.75, 3.05) is 13.1 Å². The number of nitrogens with one attached hydrogen (secondary N) is 2. The van der Waals surface area contributed by atoms with Crippen molar-refractivity contribution in [3.8, 4) is 0 Å². The van der Waals surface area contributed by atoms with Gasteiger partial charge in [-0.1, -0.05) is 13.3 Å². The Morgan fingerprint density at radius 3 is 2.47 bits per heavy atom. The summed E-state index contributed by atoms with van der Waals surface area (Å²) in [6.07, 6.45) is 2.98. The van der Waals surface area contributed by atoms with Crippen molar-refractivity contribution in [2.24, 2.45) is 0 Å². The van der Waals surface area contributed by atoms with Crippen molar-refractivity contribution in [3.05, 3.63) is 0 Å². The number of hydrogen-bond acceptors (Lipinski definition) is 3. The molecular formula is C13H28N2O2. The van der Waals surface area contributed by atoms with E-state index in [0.29, 0.717) is 12.6 Å². The van der Waals surface area contributed by atoms with Crippen LogP contribution in [0.25, 0.3) is 0 Å². The average Bonchev–Trinajstić information content (AvgIpc) is 2.14. The summed E-state index contributed by atoms with van der Waals surface area (Å²) in [5, 5.41) is 6.16. The molecule has 0 radical (unpaired) electrons. The van der Waals surface area contributed by atoms with E-state index in [0.717, 1.165) is 13.0 Å². The normalized spacial score (nSPS) is 13.2. The summed E-state index contributed by atoms with van der Waals surface area (Å²) in [6.45, 7) is 11.5. The lowest BCUT2D eigenvalue weighted by molar-refractivity contribution is 0.0527. The van der Waals surface area contributed by atoms with Gasteiger partial charge in [0, 0.05) is 12.6 Å². The molecule has 102 valence electrons. The molecule has 0 aromatic heterocycles. The summed E-state index contributed by atoms with van der Waals surface area (Å²) in [7, 11) is 0. The quantitative estimate of drug-likeness (QED) is 0.677. The molecule has 0 aromatic rings. The first-order chi connectivity index (χ1) is 7.85. The predicted molar refractivity (Wildman–Crippen MR) is 71.2 cm³/mol. The van der Waals surface area contributed by atoms with Crippen molar-refractivity contribution < 1.29 is 9.53 Å². The van der Waals surface area contributed by atoms with E-state index in [2.05, 4.69) is 24.5 Å². The number of hydrogen-bond donors (Lipinski definition) is 2. The second kappa shape index (κ2) is 8.34. The van der Waals surface area contributed by atoms with Gasteiger partial charge >= 0.3 is 6.09 Å². The molecule has 4 nitrogen and oxygen atoms in total. The molecule has 0 aromatic carbocycles. The van der Waals surface area contributed by atoms with Crippen LogP contribution in [0.3, 0.4) is 0 Å². The minimum absolute atomic E-state index is 0.334. The Labute approximate surface area is 105 Å². The first kappa shape index (κ1) is 16.2. The Morgan fingerprint density at radius 2 is 1.94 bits per heavy atom. The smallest absolute Gasteiger partial charge is 0.407 e. The molecule has 1 amide bonds. The average molecular weight is 244 g/mol. The van der Waals surface area contributed by atoms with E-state index >= 15 is 0 Å². The molecule has 0 aliphatic rings. The van der Waals surface area contributed by atoms with Crippen LogP contribution < -0.4 is 10.6 Å². The van der Waals surface area contributed by atoms with Crippen LogP contribution in [-0.4, -0.2) is 30.8 Å². The van der Waals surface area contributed by atoms with Crippen LogP contribution in [0.2, 0.25) is 0 Å². The number of carbonyl (C=O) groups is 1. The Morgan fingerprint density at radius 1 is 1.29 bits per heavy atom. The highest BCUT2D eigenvalue weighted by atomic mass is 16.6. The summed E-state index contributed by atoms with van der Waals surface area (Å²) in [4.78, 5) is 11.3. The van der Waals surface area contributed by atoms with Gasteiger partial charge in [-0.05, 0) is 47.1 Å². The van der Waals surface area contributed by atoms with Crippen molar-refractivity contribution in [1.82, 2.24) is 10.6 Å². The van der Waals surface area contributed by atoms with E-state index in [1.807, 2.05) is 20.8 Å². The highest BCUT2D eigenvalue weighted by Gasteiger charge is 2.15. The summed E-state index contributed by atoms with van der Waals surface area (Å²) in [5.41, 5.74) is -0.419. The maximum absolute atomic E-state index is 11.3. The molecule has 0 saturated carbocycles. The summed E-state index contributed by atoms with van der Waals surface area (Å²) >= 11 is 0. The van der Waals surface area contributed by atoms with Crippen LogP contribution in [0, 0.1) is 0 Å². The Bertz CT molecular complexity index is 212. The molecule has 0 aliphatic heterocycles. The molecule has 1 unspecified atom stereocenters. The van der Waals surface area contributed by atoms with E-state index in [4.69, 9.17) is 4.74 Å². The van der Waals surface area contributed by atoms with Gasteiger partial charge in [-0.3, -0.25) is 0 Å². The van der Waals surface area contributed by atoms with E-state index in [1.165, 1.54) is 12.8 Å². The zero-order valence-electron chi connectivity index (χ0n) is 11.9. The molecule has 0 heterocycles. The molecule has 0 bridgehead atoms. The zero-order chi connectivity index (χ0) is 13.3. The maximum atomic E-state index is 11.3. The van der Waals surface area contributed by atoms with Crippen LogP contribution in [-0.2, 0) is 4.74 Å². The van der Waals surface area contributed by atoms with Crippen LogP contribution in [0.4, 0.5) is 4.79 Å². The zero-order valence-corrected chi connectivity index (χ0v) is 11.9. The fourth-order valence-corrected chi connectivity index (χ4v) is 1.48. The van der Waals surface area contributed by atoms with Gasteiger partial charge in [-0.2, -0.15) is 0 Å². The molecular weight excluding hydrogens is 216 g/mol. The van der Waals surface area contributed by atoms with E-state index in [1.54, 1.807) is 0 Å². The number of alkyl carbamates (subject to hydrolysis) is 1. The topological polar surface area (TPSA) is 50.4 Å². The third-order valence-corrected chi connectivity index (χ3v) is 2.24. The number of rotatable bonds is 7. The van der Waals surface area contributed by atoms with E-state index in [9.17, 15) is 4.79 Å². The van der Waals surface area contributed by atoms with Crippen LogP contribution in [0.15, 0.2) is 0 Å². The Balaban J connectivity index is 3.43. The Hall–Kier alpha value is -0.770. The molecule has 0 fully saturated rings. The molecule has 0 rings (SSSR count). The minimum Gasteiger partial charge on any atom is -0.444 e. The molecule has 1 atom stereocenters. The molecule has 17 heavy (non-hydrogen) atoms. The largest absolute Gasteiger partial charge is 0.444 e. The highest BCUT2D eigenvalue weighted by Crippen LogP contribution is 2.06. The Kier molecular flexibility index (Phi) is 7.96. The lowest BCUT2D eigenvalue weighted by Gasteiger charge is -2.19. The van der Waals surface area contributed by atoms with Gasteiger partial charge in [0.25, 0.3) is 0 Å². The second-order valence-corrected chi connectivity index (χ2v) is 5.43. The summed E-state index contributed by atoms with van der Waals surface area (Å²) in [6, 6.07) is 0.557. The van der Waals surface area contributed by atoms with Gasteiger partial charge in [0.2, 0.25) is 0 Å². The molecule has 0 saturated heterocycles. The summed E-state index contributed by atoms with van der Waals surface area (Å²) < 4.78 is 5.13. The SMILES string of the molecule is CCCC(C)NCCCNC(=O)OC(C)(C)C. The number of ether oxygens (including phenoxy) is 1. The van der Waals surface area contributed by atoms with Gasteiger partial charge < -0.3 is 15.4 Å². The minimum atomic E-state index is -0.419. The van der Waals surface area contributed by atoms with E-state index < -0.39 is 5.60 Å². The fourth-order valence-electron chi connectivity index (χ4n) is 1.48. The van der Waals surface area contributed by atoms with Crippen LogP contribution in [0.5, 0.6) is 0 Å². The number of carbonyl (C=O) groups excluding carboxylic acids is 1. The maximum Gasteiger partial charge on any atom is 0.407 e. The van der Waals surface area contributed by atoms with Crippen molar-refractivity contribution >= 4 is 6.09 Å². The molecule has 0 spiro atoms. The third kappa shape index (κ3) is 11.5. The summed E-state index contributed by atoms with van der Waals surface area (Å²) in [5.74, 6) is 0. The lowest BCUT2D eigenvalue weighted by Crippen LogP contribution is -2.34. The van der Waals surface area contributed by atoms with Gasteiger partial charge in [-0.15, -0.1) is 0 Å². The second-order valence-electron chi connectivity index (χ2n) is 5.43. The highest BCUT2D eigenvalue weighted by molar-refractivity contribution is 5.67. The van der Waals surface area contributed by atoms with Gasteiger partial charge in [0.15, 0.2) is 0 Å². The monoisotopic (exact) mass is 244 g/mol. The lowest BCUT2D eigenvalue weighted by atomic mass is 10.2. The molecule has 0 aliphatic carbocycles. The first-order valence-electron chi connectivity index (χ1n) is 6.55. The standard InChI is InChI=1S/C13H28N2O2/c1-6-8-11(2)14-9-7-10-15-12(16)17-13(3,4)5/h11,14H,6-10H2,1-5H3,(H,15,16). The van der Waals surface area contributed by atoms with Crippen LogP contribution >= 0.6 is 0 Å². The van der Waals surface area contributed by atoms with E-state index in [-0.39, 0.29) is 6.09 Å². The van der Waals surface area contributed by atoms with Gasteiger partial charge in [-0.25, -0.2) is 4.79 Å². The van der Waals surface area contributed by atoms with Crippen molar-refractivity contribution in [2.45, 2.75) is 65.5 Å². The van der Waals surface area contributed by atoms with Crippen LogP contribution in [0.1, 0.15) is 53.9 Å². The fraction of sp³-hybridized carbons (Fsp3) is 0.923. The van der Waals surface area contributed by atoms with Gasteiger partial charge in [0.1, 0.15) is 5.60 Å². The van der Waals surface area contributed by atoms with Gasteiger partial charge in [0.05, 0.1) is 0 Å².